The van der Waals surface area contributed by atoms with Gasteiger partial charge in [-0.25, -0.2) is 8.78 Å². The molecule has 0 saturated carbocycles. The van der Waals surface area contributed by atoms with Gasteiger partial charge in [-0.15, -0.1) is 11.8 Å². The lowest BCUT2D eigenvalue weighted by Gasteiger charge is -2.27. The fourth-order valence-electron chi connectivity index (χ4n) is 3.89. The smallest absolute Gasteiger partial charge is 0.234 e. The Hall–Kier alpha value is -1.92. The van der Waals surface area contributed by atoms with Gasteiger partial charge in [-0.3, -0.25) is 9.69 Å². The second-order valence-corrected chi connectivity index (χ2v) is 8.17. The number of carbonyl (C=O) groups is 1. The van der Waals surface area contributed by atoms with Gasteiger partial charge in [0.25, 0.3) is 0 Å². The van der Waals surface area contributed by atoms with Crippen LogP contribution in [0.25, 0.3) is 0 Å². The molecule has 1 amide bonds. The molecule has 0 bridgehead atoms. The zero-order valence-electron chi connectivity index (χ0n) is 14.4. The highest BCUT2D eigenvalue weighted by atomic mass is 32.2. The Kier molecular flexibility index (Phi) is 4.71. The van der Waals surface area contributed by atoms with Crippen LogP contribution in [0.2, 0.25) is 0 Å². The molecule has 2 aliphatic heterocycles. The van der Waals surface area contributed by atoms with Gasteiger partial charge in [-0.1, -0.05) is 24.3 Å². The molecule has 0 radical (unpaired) electrons. The maximum Gasteiger partial charge on any atom is 0.234 e. The van der Waals surface area contributed by atoms with E-state index in [-0.39, 0.29) is 23.2 Å². The molecule has 2 heterocycles. The SMILES string of the molecule is CN1CC[C@H](NC(=O)[C@H]2Cc3ccccc3S2)[C@H]1c1ccc(F)c(F)c1. The summed E-state index contributed by atoms with van der Waals surface area (Å²) in [5.41, 5.74) is 1.90. The van der Waals surface area contributed by atoms with E-state index in [2.05, 4.69) is 16.3 Å². The van der Waals surface area contributed by atoms with E-state index in [1.54, 1.807) is 17.8 Å². The van der Waals surface area contributed by atoms with Gasteiger partial charge in [-0.05, 0) is 49.2 Å². The van der Waals surface area contributed by atoms with Gasteiger partial charge in [0.2, 0.25) is 5.91 Å². The molecule has 4 rings (SSSR count). The van der Waals surface area contributed by atoms with Gasteiger partial charge < -0.3 is 5.32 Å². The molecule has 0 aromatic heterocycles. The summed E-state index contributed by atoms with van der Waals surface area (Å²) in [4.78, 5) is 16.0. The molecule has 2 aliphatic rings. The molecule has 3 nitrogen and oxygen atoms in total. The largest absolute Gasteiger partial charge is 0.350 e. The van der Waals surface area contributed by atoms with Gasteiger partial charge in [0.15, 0.2) is 11.6 Å². The van der Waals surface area contributed by atoms with Crippen LogP contribution in [0.4, 0.5) is 8.78 Å². The van der Waals surface area contributed by atoms with Gasteiger partial charge in [0.05, 0.1) is 11.3 Å². The van der Waals surface area contributed by atoms with Crippen LogP contribution < -0.4 is 5.32 Å². The second-order valence-electron chi connectivity index (χ2n) is 6.92. The first-order chi connectivity index (χ1) is 12.5. The highest BCUT2D eigenvalue weighted by Crippen LogP contribution is 2.38. The molecule has 1 saturated heterocycles. The number of likely N-dealkylation sites (tertiary alicyclic amines) is 1. The van der Waals surface area contributed by atoms with Crippen LogP contribution in [0, 0.1) is 11.6 Å². The summed E-state index contributed by atoms with van der Waals surface area (Å²) in [6.45, 7) is 0.798. The fourth-order valence-corrected chi connectivity index (χ4v) is 5.09. The van der Waals surface area contributed by atoms with Crippen molar-refractivity contribution in [2.75, 3.05) is 13.6 Å². The van der Waals surface area contributed by atoms with E-state index in [4.69, 9.17) is 0 Å². The standard InChI is InChI=1S/C20H20F2N2OS/c1-24-9-8-16(19(24)13-6-7-14(21)15(22)10-13)23-20(25)18-11-12-4-2-3-5-17(12)26-18/h2-7,10,16,18-19H,8-9,11H2,1H3,(H,23,25)/t16-,18+,19+/m0/s1. The molecule has 6 heteroatoms. The van der Waals surface area contributed by atoms with E-state index in [1.807, 2.05) is 25.2 Å². The summed E-state index contributed by atoms with van der Waals surface area (Å²) in [6.07, 6.45) is 1.52. The maximum absolute atomic E-state index is 13.7. The van der Waals surface area contributed by atoms with Crippen LogP contribution in [0.15, 0.2) is 47.4 Å². The number of nitrogens with zero attached hydrogens (tertiary/aromatic N) is 1. The maximum atomic E-state index is 13.7. The summed E-state index contributed by atoms with van der Waals surface area (Å²) in [5.74, 6) is -1.69. The predicted octanol–water partition coefficient (Wildman–Crippen LogP) is 3.54. The van der Waals surface area contributed by atoms with Crippen LogP contribution >= 0.6 is 11.8 Å². The normalized spacial score (nSPS) is 25.3. The minimum Gasteiger partial charge on any atom is -0.350 e. The molecular weight excluding hydrogens is 354 g/mol. The van der Waals surface area contributed by atoms with Crippen molar-refractivity contribution in [2.45, 2.75) is 35.1 Å². The Morgan fingerprint density at radius 2 is 2.00 bits per heavy atom. The highest BCUT2D eigenvalue weighted by molar-refractivity contribution is 8.01. The van der Waals surface area contributed by atoms with Crippen molar-refractivity contribution in [2.24, 2.45) is 0 Å². The van der Waals surface area contributed by atoms with E-state index >= 15 is 0 Å². The summed E-state index contributed by atoms with van der Waals surface area (Å²) >= 11 is 1.59. The van der Waals surface area contributed by atoms with Gasteiger partial charge >= 0.3 is 0 Å². The van der Waals surface area contributed by atoms with Crippen molar-refractivity contribution in [3.8, 4) is 0 Å². The number of likely N-dealkylation sites (N-methyl/N-ethyl adjacent to an activating group) is 1. The number of carbonyl (C=O) groups excluding carboxylic acids is 1. The molecule has 2 aromatic carbocycles. The van der Waals surface area contributed by atoms with Gasteiger partial charge in [0, 0.05) is 17.5 Å². The molecule has 0 unspecified atom stereocenters. The molecule has 3 atom stereocenters. The zero-order chi connectivity index (χ0) is 18.3. The van der Waals surface area contributed by atoms with Crippen molar-refractivity contribution < 1.29 is 13.6 Å². The monoisotopic (exact) mass is 374 g/mol. The third-order valence-corrected chi connectivity index (χ3v) is 6.52. The summed E-state index contributed by atoms with van der Waals surface area (Å²) < 4.78 is 26.9. The molecule has 136 valence electrons. The Labute approximate surface area is 155 Å². The Morgan fingerprint density at radius 3 is 2.77 bits per heavy atom. The van der Waals surface area contributed by atoms with Gasteiger partial charge in [0.1, 0.15) is 0 Å². The van der Waals surface area contributed by atoms with Crippen molar-refractivity contribution >= 4 is 17.7 Å². The lowest BCUT2D eigenvalue weighted by atomic mass is 9.99. The first-order valence-corrected chi connectivity index (χ1v) is 9.61. The molecule has 0 aliphatic carbocycles. The number of thioether (sulfide) groups is 1. The third kappa shape index (κ3) is 3.23. The van der Waals surface area contributed by atoms with E-state index in [0.717, 1.165) is 30.3 Å². The zero-order valence-corrected chi connectivity index (χ0v) is 15.2. The van der Waals surface area contributed by atoms with Crippen LogP contribution in [0.3, 0.4) is 0 Å². The van der Waals surface area contributed by atoms with E-state index in [1.165, 1.54) is 11.6 Å². The first-order valence-electron chi connectivity index (χ1n) is 8.73. The van der Waals surface area contributed by atoms with Crippen molar-refractivity contribution in [1.82, 2.24) is 10.2 Å². The van der Waals surface area contributed by atoms with E-state index in [0.29, 0.717) is 5.56 Å². The average Bonchev–Trinajstić information content (AvgIpc) is 3.21. The number of benzene rings is 2. The highest BCUT2D eigenvalue weighted by Gasteiger charge is 2.37. The summed E-state index contributed by atoms with van der Waals surface area (Å²) in [7, 11) is 1.94. The van der Waals surface area contributed by atoms with Crippen LogP contribution in [-0.2, 0) is 11.2 Å². The molecule has 2 aromatic rings. The Balaban J connectivity index is 1.48. The molecular formula is C20H20F2N2OS. The Morgan fingerprint density at radius 1 is 1.19 bits per heavy atom. The fraction of sp³-hybridized carbons (Fsp3) is 0.350. The van der Waals surface area contributed by atoms with Crippen LogP contribution in [0.5, 0.6) is 0 Å². The number of rotatable bonds is 3. The predicted molar refractivity (Wildman–Crippen MR) is 98.1 cm³/mol. The number of nitrogens with one attached hydrogen (secondary N) is 1. The van der Waals surface area contributed by atoms with Gasteiger partial charge in [-0.2, -0.15) is 0 Å². The van der Waals surface area contributed by atoms with Crippen molar-refractivity contribution in [1.29, 1.82) is 0 Å². The van der Waals surface area contributed by atoms with Crippen LogP contribution in [0.1, 0.15) is 23.6 Å². The van der Waals surface area contributed by atoms with Crippen LogP contribution in [-0.4, -0.2) is 35.7 Å². The minimum atomic E-state index is -0.852. The number of halogens is 2. The summed E-state index contributed by atoms with van der Waals surface area (Å²) in [5, 5.41) is 3.02. The summed E-state index contributed by atoms with van der Waals surface area (Å²) in [6, 6.07) is 11.8. The number of fused-ring (bicyclic) bond motifs is 1. The lowest BCUT2D eigenvalue weighted by Crippen LogP contribution is -2.43. The molecule has 26 heavy (non-hydrogen) atoms. The first kappa shape index (κ1) is 17.5. The molecule has 0 spiro atoms. The molecule has 1 fully saturated rings. The topological polar surface area (TPSA) is 32.3 Å². The minimum absolute atomic E-state index is 0.0130. The third-order valence-electron chi connectivity index (χ3n) is 5.20. The molecule has 1 N–H and O–H groups in total. The average molecular weight is 374 g/mol. The lowest BCUT2D eigenvalue weighted by molar-refractivity contribution is -0.121. The van der Waals surface area contributed by atoms with Crippen molar-refractivity contribution in [3.63, 3.8) is 0 Å². The number of amides is 1. The van der Waals surface area contributed by atoms with E-state index < -0.39 is 11.6 Å². The second kappa shape index (κ2) is 7.00. The number of hydrogen-bond donors (Lipinski definition) is 1. The Bertz CT molecular complexity index is 819. The quantitative estimate of drug-likeness (QED) is 0.892. The van der Waals surface area contributed by atoms with E-state index in [9.17, 15) is 13.6 Å². The van der Waals surface area contributed by atoms with Crippen molar-refractivity contribution in [3.05, 3.63) is 65.2 Å². The number of hydrogen-bond acceptors (Lipinski definition) is 3.